The number of carbonyl (C=O) groups is 1. The minimum absolute atomic E-state index is 0. The Bertz CT molecular complexity index is 476. The van der Waals surface area contributed by atoms with Crippen LogP contribution < -0.4 is 5.32 Å². The second kappa shape index (κ2) is 6.30. The van der Waals surface area contributed by atoms with Crippen molar-refractivity contribution >= 4 is 18.3 Å². The zero-order chi connectivity index (χ0) is 13.3. The highest BCUT2D eigenvalue weighted by atomic mass is 35.5. The highest BCUT2D eigenvalue weighted by Crippen LogP contribution is 2.18. The number of benzene rings is 1. The van der Waals surface area contributed by atoms with E-state index in [1.807, 2.05) is 0 Å². The Hall–Kier alpha value is -1.20. The number of likely N-dealkylation sites (N-methyl/N-ethyl adjacent to an activating group) is 1. The van der Waals surface area contributed by atoms with Crippen LogP contribution in [-0.2, 0) is 0 Å². The fourth-order valence-electron chi connectivity index (χ4n) is 2.15. The molecule has 1 saturated heterocycles. The first-order chi connectivity index (χ1) is 8.50. The summed E-state index contributed by atoms with van der Waals surface area (Å²) in [6.45, 7) is 3.08. The molecule has 6 heteroatoms. The fourth-order valence-corrected chi connectivity index (χ4v) is 2.15. The highest BCUT2D eigenvalue weighted by Gasteiger charge is 2.26. The normalized spacial score (nSPS) is 18.0. The van der Waals surface area contributed by atoms with E-state index in [0.29, 0.717) is 6.54 Å². The molecule has 1 aromatic carbocycles. The smallest absolute Gasteiger partial charge is 0.256 e. The molecular weight excluding hydrogens is 274 g/mol. The Morgan fingerprint density at radius 1 is 1.37 bits per heavy atom. The van der Waals surface area contributed by atoms with Gasteiger partial charge in [0, 0.05) is 25.7 Å². The first kappa shape index (κ1) is 15.9. The topological polar surface area (TPSA) is 32.3 Å². The van der Waals surface area contributed by atoms with Crippen molar-refractivity contribution in [2.24, 2.45) is 0 Å². The molecule has 0 saturated carbocycles. The summed E-state index contributed by atoms with van der Waals surface area (Å²) in [5, 5.41) is 3.15. The molecule has 0 bridgehead atoms. The molecule has 0 aliphatic carbocycles. The second-order valence-electron chi connectivity index (χ2n) is 4.64. The molecule has 1 aliphatic heterocycles. The van der Waals surface area contributed by atoms with E-state index in [0.717, 1.165) is 19.0 Å². The van der Waals surface area contributed by atoms with Gasteiger partial charge in [0.1, 0.15) is 11.6 Å². The summed E-state index contributed by atoms with van der Waals surface area (Å²) < 4.78 is 26.8. The van der Waals surface area contributed by atoms with E-state index < -0.39 is 17.5 Å². The van der Waals surface area contributed by atoms with Gasteiger partial charge in [0.05, 0.1) is 5.56 Å². The standard InChI is InChI=1S/C13H16F2N2O.ClH/c1-8-5-10(12(15)6-11(8)14)13(18)17(2)9-3-4-16-7-9;/h5-6,9,16H,3-4,7H2,1-2H3;1H. The van der Waals surface area contributed by atoms with Crippen LogP contribution in [0.1, 0.15) is 22.3 Å². The monoisotopic (exact) mass is 290 g/mol. The Morgan fingerprint density at radius 2 is 2.05 bits per heavy atom. The Labute approximate surface area is 117 Å². The van der Waals surface area contributed by atoms with Crippen LogP contribution in [0, 0.1) is 18.6 Å². The predicted molar refractivity (Wildman–Crippen MR) is 71.7 cm³/mol. The number of nitrogens with one attached hydrogen (secondary N) is 1. The second-order valence-corrected chi connectivity index (χ2v) is 4.64. The van der Waals surface area contributed by atoms with Crippen molar-refractivity contribution in [3.05, 3.63) is 34.9 Å². The Morgan fingerprint density at radius 3 is 2.63 bits per heavy atom. The zero-order valence-corrected chi connectivity index (χ0v) is 11.7. The van der Waals surface area contributed by atoms with Gasteiger partial charge in [-0.25, -0.2) is 8.78 Å². The summed E-state index contributed by atoms with van der Waals surface area (Å²) in [5.74, 6) is -1.83. The van der Waals surface area contributed by atoms with Crippen LogP contribution >= 0.6 is 12.4 Å². The number of rotatable bonds is 2. The largest absolute Gasteiger partial charge is 0.337 e. The lowest BCUT2D eigenvalue weighted by molar-refractivity contribution is 0.0739. The van der Waals surface area contributed by atoms with Crippen LogP contribution in [0.3, 0.4) is 0 Å². The van der Waals surface area contributed by atoms with Crippen LogP contribution in [0.25, 0.3) is 0 Å². The number of hydrogen-bond acceptors (Lipinski definition) is 2. The van der Waals surface area contributed by atoms with Crippen LogP contribution in [0.4, 0.5) is 8.78 Å². The number of amides is 1. The molecule has 0 aromatic heterocycles. The highest BCUT2D eigenvalue weighted by molar-refractivity contribution is 5.94. The summed E-state index contributed by atoms with van der Waals surface area (Å²) in [5.41, 5.74) is 0.209. The van der Waals surface area contributed by atoms with Crippen molar-refractivity contribution in [1.82, 2.24) is 10.2 Å². The van der Waals surface area contributed by atoms with E-state index in [-0.39, 0.29) is 29.6 Å². The molecule has 1 aromatic rings. The van der Waals surface area contributed by atoms with Gasteiger partial charge < -0.3 is 10.2 Å². The zero-order valence-electron chi connectivity index (χ0n) is 10.9. The van der Waals surface area contributed by atoms with Gasteiger partial charge in [0.25, 0.3) is 5.91 Å². The van der Waals surface area contributed by atoms with E-state index in [1.54, 1.807) is 7.05 Å². The van der Waals surface area contributed by atoms with Gasteiger partial charge >= 0.3 is 0 Å². The fraction of sp³-hybridized carbons (Fsp3) is 0.462. The molecule has 1 unspecified atom stereocenters. The maximum Gasteiger partial charge on any atom is 0.256 e. The molecule has 0 radical (unpaired) electrons. The minimum atomic E-state index is -0.805. The summed E-state index contributed by atoms with van der Waals surface area (Å²) in [6.07, 6.45) is 0.851. The number of hydrogen-bond donors (Lipinski definition) is 1. The molecule has 1 atom stereocenters. The maximum atomic E-state index is 13.6. The van der Waals surface area contributed by atoms with Crippen molar-refractivity contribution in [1.29, 1.82) is 0 Å². The number of halogens is 3. The molecular formula is C13H17ClF2N2O. The SMILES string of the molecule is Cc1cc(C(=O)N(C)C2CCNC2)c(F)cc1F.Cl. The molecule has 1 N–H and O–H groups in total. The molecule has 3 nitrogen and oxygen atoms in total. The van der Waals surface area contributed by atoms with E-state index in [4.69, 9.17) is 0 Å². The summed E-state index contributed by atoms with van der Waals surface area (Å²) in [6, 6.07) is 2.11. The van der Waals surface area contributed by atoms with Gasteiger partial charge in [-0.05, 0) is 31.5 Å². The van der Waals surface area contributed by atoms with Crippen molar-refractivity contribution < 1.29 is 13.6 Å². The van der Waals surface area contributed by atoms with Crippen LogP contribution in [-0.4, -0.2) is 37.0 Å². The van der Waals surface area contributed by atoms with Gasteiger partial charge in [-0.3, -0.25) is 4.79 Å². The Kier molecular flexibility index (Phi) is 5.26. The summed E-state index contributed by atoms with van der Waals surface area (Å²) >= 11 is 0. The van der Waals surface area contributed by atoms with Gasteiger partial charge in [-0.1, -0.05) is 0 Å². The van der Waals surface area contributed by atoms with E-state index in [2.05, 4.69) is 5.32 Å². The van der Waals surface area contributed by atoms with Gasteiger partial charge in [0.2, 0.25) is 0 Å². The van der Waals surface area contributed by atoms with Crippen LogP contribution in [0.5, 0.6) is 0 Å². The molecule has 1 aliphatic rings. The van der Waals surface area contributed by atoms with Gasteiger partial charge in [-0.15, -0.1) is 12.4 Å². The van der Waals surface area contributed by atoms with Crippen LogP contribution in [0.15, 0.2) is 12.1 Å². The number of aryl methyl sites for hydroxylation is 1. The average Bonchev–Trinajstić information content (AvgIpc) is 2.85. The molecule has 1 fully saturated rings. The summed E-state index contributed by atoms with van der Waals surface area (Å²) in [7, 11) is 1.65. The number of nitrogens with zero attached hydrogens (tertiary/aromatic N) is 1. The van der Waals surface area contributed by atoms with Gasteiger partial charge in [0.15, 0.2) is 0 Å². The molecule has 2 rings (SSSR count). The van der Waals surface area contributed by atoms with Gasteiger partial charge in [-0.2, -0.15) is 0 Å². The van der Waals surface area contributed by atoms with Crippen molar-refractivity contribution in [2.75, 3.05) is 20.1 Å². The van der Waals surface area contributed by atoms with E-state index in [1.165, 1.54) is 17.9 Å². The molecule has 0 spiro atoms. The van der Waals surface area contributed by atoms with Crippen molar-refractivity contribution in [3.63, 3.8) is 0 Å². The first-order valence-electron chi connectivity index (χ1n) is 5.94. The third-order valence-electron chi connectivity index (χ3n) is 3.38. The van der Waals surface area contributed by atoms with Crippen LogP contribution in [0.2, 0.25) is 0 Å². The lowest BCUT2D eigenvalue weighted by Gasteiger charge is -2.24. The molecule has 19 heavy (non-hydrogen) atoms. The van der Waals surface area contributed by atoms with E-state index in [9.17, 15) is 13.6 Å². The average molecular weight is 291 g/mol. The molecule has 1 heterocycles. The first-order valence-corrected chi connectivity index (χ1v) is 5.94. The molecule has 1 amide bonds. The lowest BCUT2D eigenvalue weighted by Crippen LogP contribution is -2.38. The Balaban J connectivity index is 0.00000180. The quantitative estimate of drug-likeness (QED) is 0.905. The van der Waals surface area contributed by atoms with Crippen molar-refractivity contribution in [3.8, 4) is 0 Å². The molecule has 106 valence electrons. The third-order valence-corrected chi connectivity index (χ3v) is 3.38. The summed E-state index contributed by atoms with van der Waals surface area (Å²) in [4.78, 5) is 13.7. The van der Waals surface area contributed by atoms with E-state index >= 15 is 0 Å². The van der Waals surface area contributed by atoms with Crippen molar-refractivity contribution in [2.45, 2.75) is 19.4 Å². The predicted octanol–water partition coefficient (Wildman–Crippen LogP) is 2.13. The maximum absolute atomic E-state index is 13.6. The third kappa shape index (κ3) is 3.22. The lowest BCUT2D eigenvalue weighted by atomic mass is 10.1. The number of carbonyl (C=O) groups excluding carboxylic acids is 1. The minimum Gasteiger partial charge on any atom is -0.337 e.